The van der Waals surface area contributed by atoms with E-state index in [1.165, 1.54) is 44.6 Å². The Morgan fingerprint density at radius 2 is 2.00 bits per heavy atom. The third-order valence-electron chi connectivity index (χ3n) is 3.16. The van der Waals surface area contributed by atoms with Gasteiger partial charge in [0.15, 0.2) is 0 Å². The number of rotatable bonds is 4. The highest BCUT2D eigenvalue weighted by Gasteiger charge is 2.13. The number of allylic oxidation sites excluding steroid dienone is 1. The zero-order valence-corrected chi connectivity index (χ0v) is 9.63. The van der Waals surface area contributed by atoms with Crippen molar-refractivity contribution in [2.75, 3.05) is 26.2 Å². The molecule has 0 aromatic carbocycles. The first kappa shape index (κ1) is 10.8. The molecule has 1 fully saturated rings. The minimum atomic E-state index is 1.06. The fourth-order valence-corrected chi connectivity index (χ4v) is 2.13. The maximum absolute atomic E-state index is 3.16. The Morgan fingerprint density at radius 1 is 1.20 bits per heavy atom. The van der Waals surface area contributed by atoms with Crippen molar-refractivity contribution in [1.29, 1.82) is 0 Å². The number of likely N-dealkylation sites (tertiary alicyclic amines) is 1. The molecule has 0 atom stereocenters. The molecule has 0 aromatic rings. The standard InChI is InChI=1S/C11H22N4/c1-2-11-10-15(13-12-11)9-8-14-6-4-3-5-7-14/h10,12-13H,2-9H2,1H3. The largest absolute Gasteiger partial charge is 0.306 e. The van der Waals surface area contributed by atoms with Crippen LogP contribution in [0.25, 0.3) is 0 Å². The summed E-state index contributed by atoms with van der Waals surface area (Å²) in [6.07, 6.45) is 7.40. The average molecular weight is 210 g/mol. The molecule has 0 unspecified atom stereocenters. The smallest absolute Gasteiger partial charge is 0.0483 e. The summed E-state index contributed by atoms with van der Waals surface area (Å²) in [5, 5.41) is 2.15. The number of hydrogen-bond acceptors (Lipinski definition) is 4. The molecule has 15 heavy (non-hydrogen) atoms. The van der Waals surface area contributed by atoms with Crippen molar-refractivity contribution >= 4 is 0 Å². The number of nitrogens with one attached hydrogen (secondary N) is 2. The van der Waals surface area contributed by atoms with E-state index in [0.717, 1.165) is 13.0 Å². The molecule has 86 valence electrons. The van der Waals surface area contributed by atoms with Gasteiger partial charge in [-0.25, -0.2) is 0 Å². The lowest BCUT2D eigenvalue weighted by atomic mass is 10.1. The van der Waals surface area contributed by atoms with E-state index < -0.39 is 0 Å². The summed E-state index contributed by atoms with van der Waals surface area (Å²) in [4.78, 5) is 2.56. The summed E-state index contributed by atoms with van der Waals surface area (Å²) in [5.41, 5.74) is 7.60. The maximum Gasteiger partial charge on any atom is 0.0483 e. The summed E-state index contributed by atoms with van der Waals surface area (Å²) in [7, 11) is 0. The highest BCUT2D eigenvalue weighted by Crippen LogP contribution is 2.09. The molecule has 0 amide bonds. The van der Waals surface area contributed by atoms with Crippen molar-refractivity contribution in [3.8, 4) is 0 Å². The Bertz CT molecular complexity index is 221. The summed E-state index contributed by atoms with van der Waals surface area (Å²) in [6.45, 7) is 6.96. The van der Waals surface area contributed by atoms with Gasteiger partial charge in [0.25, 0.3) is 0 Å². The molecule has 2 aliphatic rings. The molecular formula is C11H22N4. The van der Waals surface area contributed by atoms with Crippen LogP contribution in [0, 0.1) is 0 Å². The molecule has 0 radical (unpaired) electrons. The first-order valence-corrected chi connectivity index (χ1v) is 6.10. The molecule has 1 saturated heterocycles. The van der Waals surface area contributed by atoms with Crippen LogP contribution in [0.2, 0.25) is 0 Å². The van der Waals surface area contributed by atoms with E-state index in [1.54, 1.807) is 0 Å². The Balaban J connectivity index is 1.67. The van der Waals surface area contributed by atoms with Crippen LogP contribution in [-0.2, 0) is 0 Å². The lowest BCUT2D eigenvalue weighted by Crippen LogP contribution is -2.42. The second-order valence-corrected chi connectivity index (χ2v) is 4.34. The molecule has 2 N–H and O–H groups in total. The predicted molar refractivity (Wildman–Crippen MR) is 61.6 cm³/mol. The quantitative estimate of drug-likeness (QED) is 0.726. The van der Waals surface area contributed by atoms with E-state index >= 15 is 0 Å². The van der Waals surface area contributed by atoms with Gasteiger partial charge in [0.2, 0.25) is 0 Å². The first-order valence-electron chi connectivity index (χ1n) is 6.10. The van der Waals surface area contributed by atoms with Gasteiger partial charge in [-0.1, -0.05) is 13.3 Å². The summed E-state index contributed by atoms with van der Waals surface area (Å²) in [5.74, 6) is 0. The van der Waals surface area contributed by atoms with Crippen LogP contribution in [-0.4, -0.2) is 36.1 Å². The molecule has 4 heteroatoms. The Morgan fingerprint density at radius 3 is 2.67 bits per heavy atom. The third kappa shape index (κ3) is 3.11. The molecule has 0 spiro atoms. The lowest BCUT2D eigenvalue weighted by molar-refractivity contribution is 0.181. The molecule has 0 saturated carbocycles. The second-order valence-electron chi connectivity index (χ2n) is 4.34. The molecule has 0 aliphatic carbocycles. The van der Waals surface area contributed by atoms with E-state index in [0.29, 0.717) is 0 Å². The van der Waals surface area contributed by atoms with Gasteiger partial charge < -0.3 is 10.3 Å². The zero-order valence-electron chi connectivity index (χ0n) is 9.63. The second kappa shape index (κ2) is 5.37. The monoisotopic (exact) mass is 210 g/mol. The summed E-state index contributed by atoms with van der Waals surface area (Å²) < 4.78 is 0. The van der Waals surface area contributed by atoms with Gasteiger partial charge in [-0.05, 0) is 32.4 Å². The molecule has 2 rings (SSSR count). The van der Waals surface area contributed by atoms with Crippen LogP contribution >= 0.6 is 0 Å². The van der Waals surface area contributed by atoms with Gasteiger partial charge in [-0.3, -0.25) is 5.01 Å². The normalized spacial score (nSPS) is 22.7. The van der Waals surface area contributed by atoms with Crippen LogP contribution in [0.4, 0.5) is 0 Å². The van der Waals surface area contributed by atoms with E-state index in [-0.39, 0.29) is 0 Å². The first-order chi connectivity index (χ1) is 7.38. The minimum absolute atomic E-state index is 1.06. The average Bonchev–Trinajstić information content (AvgIpc) is 2.76. The fraction of sp³-hybridized carbons (Fsp3) is 0.818. The Hall–Kier alpha value is -0.740. The van der Waals surface area contributed by atoms with Crippen molar-refractivity contribution in [3.63, 3.8) is 0 Å². The van der Waals surface area contributed by atoms with E-state index in [1.807, 2.05) is 0 Å². The van der Waals surface area contributed by atoms with Gasteiger partial charge in [0.05, 0.1) is 0 Å². The van der Waals surface area contributed by atoms with Crippen LogP contribution in [0.5, 0.6) is 0 Å². The van der Waals surface area contributed by atoms with Crippen molar-refractivity contribution in [1.82, 2.24) is 20.9 Å². The van der Waals surface area contributed by atoms with E-state index in [2.05, 4.69) is 34.0 Å². The maximum atomic E-state index is 3.16. The van der Waals surface area contributed by atoms with E-state index in [9.17, 15) is 0 Å². The third-order valence-corrected chi connectivity index (χ3v) is 3.16. The number of piperidine rings is 1. The van der Waals surface area contributed by atoms with Crippen molar-refractivity contribution in [2.24, 2.45) is 0 Å². The highest BCUT2D eigenvalue weighted by molar-refractivity contribution is 5.00. The Labute approximate surface area is 92.2 Å². The SMILES string of the molecule is CCC1=CN(CCN2CCCCC2)NN1. The molecule has 2 heterocycles. The lowest BCUT2D eigenvalue weighted by Gasteiger charge is -2.28. The van der Waals surface area contributed by atoms with Crippen molar-refractivity contribution in [2.45, 2.75) is 32.6 Å². The molecule has 0 bridgehead atoms. The number of hydrazine groups is 2. The summed E-state index contributed by atoms with van der Waals surface area (Å²) in [6, 6.07) is 0. The minimum Gasteiger partial charge on any atom is -0.306 e. The highest BCUT2D eigenvalue weighted by atomic mass is 15.7. The van der Waals surface area contributed by atoms with Crippen LogP contribution in [0.3, 0.4) is 0 Å². The number of hydrogen-bond donors (Lipinski definition) is 2. The topological polar surface area (TPSA) is 30.5 Å². The molecule has 2 aliphatic heterocycles. The van der Waals surface area contributed by atoms with Crippen LogP contribution < -0.4 is 11.0 Å². The van der Waals surface area contributed by atoms with Crippen LogP contribution in [0.1, 0.15) is 32.6 Å². The zero-order chi connectivity index (χ0) is 10.5. The number of nitrogens with zero attached hydrogens (tertiary/aromatic N) is 2. The molecular weight excluding hydrogens is 188 g/mol. The van der Waals surface area contributed by atoms with Gasteiger partial charge in [0.1, 0.15) is 0 Å². The van der Waals surface area contributed by atoms with Gasteiger partial charge in [-0.2, -0.15) is 0 Å². The van der Waals surface area contributed by atoms with Crippen molar-refractivity contribution < 1.29 is 0 Å². The fourth-order valence-electron chi connectivity index (χ4n) is 2.13. The van der Waals surface area contributed by atoms with Crippen molar-refractivity contribution in [3.05, 3.63) is 11.9 Å². The Kier molecular flexibility index (Phi) is 3.86. The van der Waals surface area contributed by atoms with Gasteiger partial charge in [0, 0.05) is 25.0 Å². The van der Waals surface area contributed by atoms with Gasteiger partial charge in [-0.15, -0.1) is 5.53 Å². The summed E-state index contributed by atoms with van der Waals surface area (Å²) >= 11 is 0. The van der Waals surface area contributed by atoms with Gasteiger partial charge >= 0.3 is 0 Å². The van der Waals surface area contributed by atoms with E-state index in [4.69, 9.17) is 0 Å². The molecule has 0 aromatic heterocycles. The molecule has 4 nitrogen and oxygen atoms in total. The predicted octanol–water partition coefficient (Wildman–Crippen LogP) is 1.05. The van der Waals surface area contributed by atoms with Crippen LogP contribution in [0.15, 0.2) is 11.9 Å².